The molecule has 0 unspecified atom stereocenters. The van der Waals surface area contributed by atoms with Crippen molar-refractivity contribution < 1.29 is 0 Å². The van der Waals surface area contributed by atoms with E-state index in [0.29, 0.717) is 0 Å². The van der Waals surface area contributed by atoms with Crippen LogP contribution in [0.1, 0.15) is 51.9 Å². The lowest BCUT2D eigenvalue weighted by atomic mass is 10.0. The first-order valence-corrected chi connectivity index (χ1v) is 6.39. The SMILES string of the molecule is CCCCCCCCC1=CC=CN(C)C1. The first-order chi connectivity index (χ1) is 7.33. The minimum Gasteiger partial charge on any atom is -0.376 e. The zero-order chi connectivity index (χ0) is 10.9. The van der Waals surface area contributed by atoms with Gasteiger partial charge < -0.3 is 4.90 Å². The molecule has 0 radical (unpaired) electrons. The molecule has 1 aliphatic rings. The Balaban J connectivity index is 2.00. The minimum atomic E-state index is 1.13. The van der Waals surface area contributed by atoms with Crippen molar-refractivity contribution in [3.63, 3.8) is 0 Å². The third-order valence-corrected chi connectivity index (χ3v) is 2.98. The summed E-state index contributed by atoms with van der Waals surface area (Å²) in [4.78, 5) is 2.26. The molecule has 1 aliphatic heterocycles. The third-order valence-electron chi connectivity index (χ3n) is 2.98. The van der Waals surface area contributed by atoms with E-state index < -0.39 is 0 Å². The quantitative estimate of drug-likeness (QED) is 0.568. The van der Waals surface area contributed by atoms with E-state index in [4.69, 9.17) is 0 Å². The molecule has 0 aromatic carbocycles. The van der Waals surface area contributed by atoms with E-state index in [1.807, 2.05) is 0 Å². The predicted octanol–water partition coefficient (Wildman–Crippen LogP) is 4.12. The minimum absolute atomic E-state index is 1.13. The van der Waals surface area contributed by atoms with Gasteiger partial charge in [0.25, 0.3) is 0 Å². The second kappa shape index (κ2) is 7.56. The molecule has 86 valence electrons. The average Bonchev–Trinajstić information content (AvgIpc) is 2.23. The van der Waals surface area contributed by atoms with E-state index in [-0.39, 0.29) is 0 Å². The Labute approximate surface area is 94.9 Å². The molecule has 0 amide bonds. The molecule has 0 atom stereocenters. The lowest BCUT2D eigenvalue weighted by Crippen LogP contribution is -2.16. The lowest BCUT2D eigenvalue weighted by Gasteiger charge is -2.19. The Morgan fingerprint density at radius 1 is 1.13 bits per heavy atom. The van der Waals surface area contributed by atoms with Gasteiger partial charge in [-0.3, -0.25) is 0 Å². The summed E-state index contributed by atoms with van der Waals surface area (Å²) in [6, 6.07) is 0. The Kier molecular flexibility index (Phi) is 6.22. The third kappa shape index (κ3) is 5.66. The van der Waals surface area contributed by atoms with Crippen LogP contribution in [0.25, 0.3) is 0 Å². The van der Waals surface area contributed by atoms with Gasteiger partial charge in [-0.05, 0) is 25.1 Å². The molecule has 1 nitrogen and oxygen atoms in total. The Morgan fingerprint density at radius 2 is 1.87 bits per heavy atom. The Bertz CT molecular complexity index is 215. The van der Waals surface area contributed by atoms with Gasteiger partial charge in [0.1, 0.15) is 0 Å². The molecule has 0 saturated heterocycles. The number of nitrogens with zero attached hydrogens (tertiary/aromatic N) is 1. The van der Waals surface area contributed by atoms with Crippen LogP contribution < -0.4 is 0 Å². The van der Waals surface area contributed by atoms with Crippen LogP contribution in [0.5, 0.6) is 0 Å². The van der Waals surface area contributed by atoms with Gasteiger partial charge in [0.2, 0.25) is 0 Å². The van der Waals surface area contributed by atoms with Gasteiger partial charge in [0.05, 0.1) is 0 Å². The topological polar surface area (TPSA) is 3.24 Å². The van der Waals surface area contributed by atoms with Crippen molar-refractivity contribution in [1.29, 1.82) is 0 Å². The molecule has 0 bridgehead atoms. The summed E-state index contributed by atoms with van der Waals surface area (Å²) >= 11 is 0. The van der Waals surface area contributed by atoms with Gasteiger partial charge in [-0.1, -0.05) is 50.7 Å². The van der Waals surface area contributed by atoms with Crippen LogP contribution in [0.15, 0.2) is 23.9 Å². The molecule has 0 saturated carbocycles. The highest BCUT2D eigenvalue weighted by atomic mass is 15.1. The summed E-state index contributed by atoms with van der Waals surface area (Å²) in [5.41, 5.74) is 1.59. The fraction of sp³-hybridized carbons (Fsp3) is 0.714. The number of rotatable bonds is 7. The monoisotopic (exact) mass is 207 g/mol. The van der Waals surface area contributed by atoms with Gasteiger partial charge in [-0.25, -0.2) is 0 Å². The highest BCUT2D eigenvalue weighted by Gasteiger charge is 2.02. The molecule has 0 aromatic heterocycles. The van der Waals surface area contributed by atoms with E-state index in [1.165, 1.54) is 44.9 Å². The second-order valence-electron chi connectivity index (χ2n) is 4.60. The fourth-order valence-electron chi connectivity index (χ4n) is 2.05. The lowest BCUT2D eigenvalue weighted by molar-refractivity contribution is 0.477. The highest BCUT2D eigenvalue weighted by Crippen LogP contribution is 2.15. The van der Waals surface area contributed by atoms with Gasteiger partial charge in [0, 0.05) is 13.6 Å². The molecule has 0 aliphatic carbocycles. The molecule has 1 rings (SSSR count). The van der Waals surface area contributed by atoms with Gasteiger partial charge in [-0.2, -0.15) is 0 Å². The Hall–Kier alpha value is -0.720. The standard InChI is InChI=1S/C14H25N/c1-3-4-5-6-7-8-10-14-11-9-12-15(2)13-14/h9,11-12H,3-8,10,13H2,1-2H3. The maximum Gasteiger partial charge on any atom is 0.0383 e. The normalized spacial score (nSPS) is 15.6. The second-order valence-corrected chi connectivity index (χ2v) is 4.60. The van der Waals surface area contributed by atoms with E-state index in [9.17, 15) is 0 Å². The van der Waals surface area contributed by atoms with E-state index in [1.54, 1.807) is 5.57 Å². The molecular weight excluding hydrogens is 182 g/mol. The molecule has 0 spiro atoms. The zero-order valence-electron chi connectivity index (χ0n) is 10.3. The summed E-state index contributed by atoms with van der Waals surface area (Å²) in [5.74, 6) is 0. The molecule has 15 heavy (non-hydrogen) atoms. The van der Waals surface area contributed by atoms with Gasteiger partial charge >= 0.3 is 0 Å². The van der Waals surface area contributed by atoms with Crippen LogP contribution >= 0.6 is 0 Å². The number of hydrogen-bond donors (Lipinski definition) is 0. The summed E-state index contributed by atoms with van der Waals surface area (Å²) in [5, 5.41) is 0. The van der Waals surface area contributed by atoms with E-state index in [0.717, 1.165) is 6.54 Å². The van der Waals surface area contributed by atoms with Crippen LogP contribution in [0.4, 0.5) is 0 Å². The summed E-state index contributed by atoms with van der Waals surface area (Å²) in [7, 11) is 2.14. The van der Waals surface area contributed by atoms with Crippen LogP contribution in [0.3, 0.4) is 0 Å². The molecule has 1 heteroatoms. The van der Waals surface area contributed by atoms with Crippen molar-refractivity contribution in [2.45, 2.75) is 51.9 Å². The summed E-state index contributed by atoms with van der Waals surface area (Å²) < 4.78 is 0. The molecule has 0 aromatic rings. The van der Waals surface area contributed by atoms with Crippen LogP contribution in [0.2, 0.25) is 0 Å². The van der Waals surface area contributed by atoms with Crippen molar-refractivity contribution in [2.24, 2.45) is 0 Å². The summed E-state index contributed by atoms with van der Waals surface area (Å²) in [6.07, 6.45) is 16.3. The highest BCUT2D eigenvalue weighted by molar-refractivity contribution is 5.18. The van der Waals surface area contributed by atoms with Crippen LogP contribution in [-0.2, 0) is 0 Å². The van der Waals surface area contributed by atoms with Gasteiger partial charge in [0.15, 0.2) is 0 Å². The van der Waals surface area contributed by atoms with Crippen LogP contribution in [-0.4, -0.2) is 18.5 Å². The summed E-state index contributed by atoms with van der Waals surface area (Å²) in [6.45, 7) is 3.40. The Morgan fingerprint density at radius 3 is 2.60 bits per heavy atom. The van der Waals surface area contributed by atoms with Crippen molar-refractivity contribution in [3.8, 4) is 0 Å². The number of likely N-dealkylation sites (N-methyl/N-ethyl adjacent to an activating group) is 1. The number of unbranched alkanes of at least 4 members (excludes halogenated alkanes) is 5. The molecular formula is C14H25N. The maximum atomic E-state index is 2.28. The molecule has 0 fully saturated rings. The zero-order valence-corrected chi connectivity index (χ0v) is 10.3. The number of hydrogen-bond acceptors (Lipinski definition) is 1. The molecule has 0 N–H and O–H groups in total. The fourth-order valence-corrected chi connectivity index (χ4v) is 2.05. The maximum absolute atomic E-state index is 2.28. The number of allylic oxidation sites excluding steroid dienone is 2. The predicted molar refractivity (Wildman–Crippen MR) is 67.8 cm³/mol. The van der Waals surface area contributed by atoms with Crippen molar-refractivity contribution >= 4 is 0 Å². The average molecular weight is 207 g/mol. The van der Waals surface area contributed by atoms with Crippen molar-refractivity contribution in [2.75, 3.05) is 13.6 Å². The van der Waals surface area contributed by atoms with Crippen molar-refractivity contribution in [3.05, 3.63) is 23.9 Å². The van der Waals surface area contributed by atoms with E-state index >= 15 is 0 Å². The largest absolute Gasteiger partial charge is 0.376 e. The molecule has 1 heterocycles. The first-order valence-electron chi connectivity index (χ1n) is 6.39. The van der Waals surface area contributed by atoms with Gasteiger partial charge in [-0.15, -0.1) is 0 Å². The van der Waals surface area contributed by atoms with Crippen molar-refractivity contribution in [1.82, 2.24) is 4.90 Å². The smallest absolute Gasteiger partial charge is 0.0383 e. The van der Waals surface area contributed by atoms with E-state index in [2.05, 4.69) is 37.2 Å². The first kappa shape index (κ1) is 12.4. The van der Waals surface area contributed by atoms with Crippen LogP contribution in [0, 0.1) is 0 Å².